The van der Waals surface area contributed by atoms with Crippen molar-refractivity contribution >= 4 is 6.08 Å². The fraction of sp³-hybridized carbons (Fsp3) is 0.222. The summed E-state index contributed by atoms with van der Waals surface area (Å²) in [5.41, 5.74) is 2.14. The van der Waals surface area contributed by atoms with Crippen LogP contribution < -0.4 is 9.47 Å². The van der Waals surface area contributed by atoms with E-state index in [2.05, 4.69) is 0 Å². The van der Waals surface area contributed by atoms with Crippen LogP contribution in [0.1, 0.15) is 18.1 Å². The lowest BCUT2D eigenvalue weighted by Gasteiger charge is -2.08. The molecule has 0 aromatic heterocycles. The molecule has 0 heterocycles. The van der Waals surface area contributed by atoms with E-state index in [1.54, 1.807) is 6.08 Å². The first-order valence-electron chi connectivity index (χ1n) is 7.04. The Morgan fingerprint density at radius 2 is 1.52 bits per heavy atom. The molecule has 0 aliphatic carbocycles. The van der Waals surface area contributed by atoms with E-state index >= 15 is 0 Å². The van der Waals surface area contributed by atoms with E-state index in [1.807, 2.05) is 61.5 Å². The summed E-state index contributed by atoms with van der Waals surface area (Å²) in [5, 5.41) is 8.73. The highest BCUT2D eigenvalue weighted by Crippen LogP contribution is 2.17. The Balaban J connectivity index is 1.88. The van der Waals surface area contributed by atoms with Gasteiger partial charge in [0, 0.05) is 0 Å². The number of rotatable bonds is 7. The van der Waals surface area contributed by atoms with Crippen LogP contribution in [-0.2, 0) is 6.61 Å². The molecular weight excluding hydrogens is 264 g/mol. The maximum Gasteiger partial charge on any atom is 0.119 e. The van der Waals surface area contributed by atoms with Crippen molar-refractivity contribution in [3.63, 3.8) is 0 Å². The first-order chi connectivity index (χ1) is 10.3. The monoisotopic (exact) mass is 284 g/mol. The van der Waals surface area contributed by atoms with Gasteiger partial charge in [0.2, 0.25) is 0 Å². The second kappa shape index (κ2) is 8.12. The van der Waals surface area contributed by atoms with Gasteiger partial charge in [0.15, 0.2) is 0 Å². The maximum absolute atomic E-state index is 8.73. The van der Waals surface area contributed by atoms with Crippen LogP contribution in [0.3, 0.4) is 0 Å². The normalized spacial score (nSPS) is 10.8. The van der Waals surface area contributed by atoms with Gasteiger partial charge >= 0.3 is 0 Å². The largest absolute Gasteiger partial charge is 0.494 e. The molecule has 2 aromatic carbocycles. The fourth-order valence-corrected chi connectivity index (χ4v) is 1.88. The molecule has 0 radical (unpaired) electrons. The zero-order valence-electron chi connectivity index (χ0n) is 12.2. The third-order valence-electron chi connectivity index (χ3n) is 2.94. The van der Waals surface area contributed by atoms with Gasteiger partial charge in [-0.15, -0.1) is 0 Å². The van der Waals surface area contributed by atoms with Crippen LogP contribution in [0.15, 0.2) is 54.6 Å². The molecule has 1 N–H and O–H groups in total. The van der Waals surface area contributed by atoms with Crippen molar-refractivity contribution in [1.29, 1.82) is 0 Å². The van der Waals surface area contributed by atoms with E-state index in [0.717, 1.165) is 22.6 Å². The zero-order valence-corrected chi connectivity index (χ0v) is 12.2. The number of hydrogen-bond acceptors (Lipinski definition) is 3. The van der Waals surface area contributed by atoms with Gasteiger partial charge in [0.05, 0.1) is 13.2 Å². The zero-order chi connectivity index (χ0) is 14.9. The van der Waals surface area contributed by atoms with Gasteiger partial charge in [0.1, 0.15) is 18.1 Å². The van der Waals surface area contributed by atoms with E-state index < -0.39 is 0 Å². The van der Waals surface area contributed by atoms with E-state index in [-0.39, 0.29) is 6.61 Å². The Hall–Kier alpha value is -2.26. The quantitative estimate of drug-likeness (QED) is 0.843. The van der Waals surface area contributed by atoms with E-state index in [9.17, 15) is 0 Å². The lowest BCUT2D eigenvalue weighted by molar-refractivity contribution is 0.305. The molecular formula is C18H20O3. The van der Waals surface area contributed by atoms with Crippen molar-refractivity contribution in [2.45, 2.75) is 13.5 Å². The Kier molecular flexibility index (Phi) is 5.85. The summed E-state index contributed by atoms with van der Waals surface area (Å²) in [7, 11) is 0. The Morgan fingerprint density at radius 3 is 2.14 bits per heavy atom. The van der Waals surface area contributed by atoms with Crippen LogP contribution in [0.4, 0.5) is 0 Å². The lowest BCUT2D eigenvalue weighted by atomic mass is 10.2. The lowest BCUT2D eigenvalue weighted by Crippen LogP contribution is -1.96. The van der Waals surface area contributed by atoms with Gasteiger partial charge in [-0.1, -0.05) is 36.4 Å². The second-order valence-corrected chi connectivity index (χ2v) is 4.52. The summed E-state index contributed by atoms with van der Waals surface area (Å²) in [5.74, 6) is 1.70. The highest BCUT2D eigenvalue weighted by Gasteiger charge is 1.97. The van der Waals surface area contributed by atoms with E-state index in [1.165, 1.54) is 0 Å². The molecule has 0 aliphatic heterocycles. The van der Waals surface area contributed by atoms with Crippen LogP contribution >= 0.6 is 0 Å². The number of hydrogen-bond donors (Lipinski definition) is 1. The average molecular weight is 284 g/mol. The SMILES string of the molecule is CCOc1ccc(COc2ccc(/C=C/CO)cc2)cc1. The number of aliphatic hydroxyl groups excluding tert-OH is 1. The maximum atomic E-state index is 8.73. The summed E-state index contributed by atoms with van der Waals surface area (Å²) in [6, 6.07) is 15.7. The molecule has 0 unspecified atom stereocenters. The molecule has 0 aliphatic rings. The first-order valence-corrected chi connectivity index (χ1v) is 7.04. The number of aliphatic hydroxyl groups is 1. The van der Waals surface area contributed by atoms with E-state index in [4.69, 9.17) is 14.6 Å². The van der Waals surface area contributed by atoms with Crippen LogP contribution in [0.2, 0.25) is 0 Å². The molecule has 3 nitrogen and oxygen atoms in total. The van der Waals surface area contributed by atoms with Crippen LogP contribution in [0.25, 0.3) is 6.08 Å². The summed E-state index contributed by atoms with van der Waals surface area (Å²) in [6.45, 7) is 3.22. The topological polar surface area (TPSA) is 38.7 Å². The Bertz CT molecular complexity index is 556. The van der Waals surface area contributed by atoms with Crippen LogP contribution in [-0.4, -0.2) is 18.3 Å². The highest BCUT2D eigenvalue weighted by atomic mass is 16.5. The third kappa shape index (κ3) is 4.97. The minimum atomic E-state index is 0.0516. The molecule has 0 bridgehead atoms. The molecule has 0 atom stereocenters. The van der Waals surface area contributed by atoms with Crippen molar-refractivity contribution in [1.82, 2.24) is 0 Å². The Labute approximate surface area is 125 Å². The van der Waals surface area contributed by atoms with Crippen molar-refractivity contribution in [3.8, 4) is 11.5 Å². The van der Waals surface area contributed by atoms with Crippen LogP contribution in [0, 0.1) is 0 Å². The van der Waals surface area contributed by atoms with Gasteiger partial charge in [0.25, 0.3) is 0 Å². The third-order valence-corrected chi connectivity index (χ3v) is 2.94. The van der Waals surface area contributed by atoms with Gasteiger partial charge in [-0.25, -0.2) is 0 Å². The summed E-state index contributed by atoms with van der Waals surface area (Å²) in [6.07, 6.45) is 3.58. The van der Waals surface area contributed by atoms with E-state index in [0.29, 0.717) is 13.2 Å². The van der Waals surface area contributed by atoms with Gasteiger partial charge in [-0.2, -0.15) is 0 Å². The van der Waals surface area contributed by atoms with Crippen molar-refractivity contribution < 1.29 is 14.6 Å². The first kappa shape index (κ1) is 15.1. The van der Waals surface area contributed by atoms with Crippen molar-refractivity contribution in [2.24, 2.45) is 0 Å². The molecule has 21 heavy (non-hydrogen) atoms. The molecule has 0 spiro atoms. The molecule has 110 valence electrons. The summed E-state index contributed by atoms with van der Waals surface area (Å²) in [4.78, 5) is 0. The predicted molar refractivity (Wildman–Crippen MR) is 84.5 cm³/mol. The second-order valence-electron chi connectivity index (χ2n) is 4.52. The van der Waals surface area contributed by atoms with Gasteiger partial charge in [-0.05, 0) is 42.3 Å². The van der Waals surface area contributed by atoms with Crippen LogP contribution in [0.5, 0.6) is 11.5 Å². The molecule has 0 amide bonds. The standard InChI is InChI=1S/C18H20O3/c1-2-20-17-11-7-16(8-12-17)14-21-18-9-5-15(6-10-18)4-3-13-19/h3-12,19H,2,13-14H2,1H3/b4-3+. The average Bonchev–Trinajstić information content (AvgIpc) is 2.53. The minimum Gasteiger partial charge on any atom is -0.494 e. The molecule has 2 aromatic rings. The van der Waals surface area contributed by atoms with Crippen molar-refractivity contribution in [3.05, 3.63) is 65.7 Å². The van der Waals surface area contributed by atoms with Crippen molar-refractivity contribution in [2.75, 3.05) is 13.2 Å². The number of benzene rings is 2. The number of ether oxygens (including phenoxy) is 2. The smallest absolute Gasteiger partial charge is 0.119 e. The summed E-state index contributed by atoms with van der Waals surface area (Å²) < 4.78 is 11.1. The molecule has 0 saturated carbocycles. The Morgan fingerprint density at radius 1 is 0.905 bits per heavy atom. The highest BCUT2D eigenvalue weighted by molar-refractivity contribution is 5.50. The summed E-state index contributed by atoms with van der Waals surface area (Å²) >= 11 is 0. The molecule has 0 saturated heterocycles. The fourth-order valence-electron chi connectivity index (χ4n) is 1.88. The predicted octanol–water partition coefficient (Wildman–Crippen LogP) is 3.67. The minimum absolute atomic E-state index is 0.0516. The molecule has 3 heteroatoms. The molecule has 0 fully saturated rings. The van der Waals surface area contributed by atoms with Gasteiger partial charge < -0.3 is 14.6 Å². The van der Waals surface area contributed by atoms with Gasteiger partial charge in [-0.3, -0.25) is 0 Å². The molecule has 2 rings (SSSR count).